The number of nitrogens with zero attached hydrogens (tertiary/aromatic N) is 1. The number of fused-ring (bicyclic) bond motifs is 1. The molecule has 1 saturated heterocycles. The van der Waals surface area contributed by atoms with Gasteiger partial charge in [-0.15, -0.1) is 0 Å². The second kappa shape index (κ2) is 10.1. The van der Waals surface area contributed by atoms with Gasteiger partial charge in [-0.25, -0.2) is 0 Å². The summed E-state index contributed by atoms with van der Waals surface area (Å²) >= 11 is 0. The number of rotatable bonds is 8. The molecule has 160 valence electrons. The van der Waals surface area contributed by atoms with Gasteiger partial charge in [0, 0.05) is 43.3 Å². The fourth-order valence-corrected chi connectivity index (χ4v) is 4.01. The maximum Gasteiger partial charge on any atom is 0.237 e. The van der Waals surface area contributed by atoms with Gasteiger partial charge < -0.3 is 15.6 Å². The molecule has 0 spiro atoms. The molecule has 1 atom stereocenters. The topological polar surface area (TPSA) is 77.2 Å². The van der Waals surface area contributed by atoms with Gasteiger partial charge in [0.2, 0.25) is 11.8 Å². The second-order valence-electron chi connectivity index (χ2n) is 7.78. The zero-order valence-electron chi connectivity index (χ0n) is 17.5. The van der Waals surface area contributed by atoms with Crippen molar-refractivity contribution in [2.45, 2.75) is 18.9 Å². The Balaban J connectivity index is 1.29. The summed E-state index contributed by atoms with van der Waals surface area (Å²) < 4.78 is 0. The SMILES string of the molecule is O=C(C[C@H]1C(=O)NCCN1C/C=C/c1ccccc1)NCCc1c[nH]c2ccccc12. The molecule has 6 heteroatoms. The molecule has 1 fully saturated rings. The van der Waals surface area contributed by atoms with Gasteiger partial charge in [-0.05, 0) is 23.6 Å². The van der Waals surface area contributed by atoms with Crippen molar-refractivity contribution in [1.29, 1.82) is 0 Å². The Kier molecular flexibility index (Phi) is 6.79. The number of aromatic amines is 1. The van der Waals surface area contributed by atoms with E-state index in [9.17, 15) is 9.59 Å². The Morgan fingerprint density at radius 2 is 1.94 bits per heavy atom. The number of carbonyl (C=O) groups excluding carboxylic acids is 2. The van der Waals surface area contributed by atoms with Crippen LogP contribution in [0.1, 0.15) is 17.5 Å². The van der Waals surface area contributed by atoms with Crippen molar-refractivity contribution in [2.75, 3.05) is 26.2 Å². The van der Waals surface area contributed by atoms with Crippen LogP contribution in [0.5, 0.6) is 0 Å². The highest BCUT2D eigenvalue weighted by Crippen LogP contribution is 2.17. The highest BCUT2D eigenvalue weighted by molar-refractivity contribution is 5.89. The van der Waals surface area contributed by atoms with Crippen LogP contribution in [-0.2, 0) is 16.0 Å². The fourth-order valence-electron chi connectivity index (χ4n) is 4.01. The number of H-pyrrole nitrogens is 1. The summed E-state index contributed by atoms with van der Waals surface area (Å²) in [4.78, 5) is 30.3. The van der Waals surface area contributed by atoms with E-state index >= 15 is 0 Å². The minimum absolute atomic E-state index is 0.0776. The van der Waals surface area contributed by atoms with E-state index < -0.39 is 6.04 Å². The van der Waals surface area contributed by atoms with E-state index in [0.29, 0.717) is 19.6 Å². The fraction of sp³-hybridized carbons (Fsp3) is 0.280. The van der Waals surface area contributed by atoms with Crippen molar-refractivity contribution in [3.63, 3.8) is 0 Å². The monoisotopic (exact) mass is 416 g/mol. The summed E-state index contributed by atoms with van der Waals surface area (Å²) in [6.07, 6.45) is 7.00. The van der Waals surface area contributed by atoms with Gasteiger partial charge in [-0.3, -0.25) is 14.5 Å². The molecule has 0 bridgehead atoms. The van der Waals surface area contributed by atoms with E-state index in [0.717, 1.165) is 24.0 Å². The van der Waals surface area contributed by atoms with E-state index in [2.05, 4.69) is 32.7 Å². The second-order valence-corrected chi connectivity index (χ2v) is 7.78. The van der Waals surface area contributed by atoms with Crippen LogP contribution < -0.4 is 10.6 Å². The van der Waals surface area contributed by atoms with Crippen molar-refractivity contribution in [3.05, 3.63) is 78.0 Å². The predicted octanol–water partition coefficient (Wildman–Crippen LogP) is 2.73. The zero-order chi connectivity index (χ0) is 21.5. The lowest BCUT2D eigenvalue weighted by Gasteiger charge is -2.33. The smallest absolute Gasteiger partial charge is 0.237 e. The third kappa shape index (κ3) is 5.41. The van der Waals surface area contributed by atoms with Crippen LogP contribution in [0.3, 0.4) is 0 Å². The molecule has 2 amide bonds. The third-order valence-electron chi connectivity index (χ3n) is 5.66. The first-order chi connectivity index (χ1) is 15.2. The Morgan fingerprint density at radius 1 is 1.13 bits per heavy atom. The van der Waals surface area contributed by atoms with Crippen LogP contribution in [0.15, 0.2) is 66.9 Å². The van der Waals surface area contributed by atoms with Crippen LogP contribution in [0.4, 0.5) is 0 Å². The largest absolute Gasteiger partial charge is 0.361 e. The number of nitrogens with one attached hydrogen (secondary N) is 3. The molecule has 4 rings (SSSR count). The molecule has 3 aromatic rings. The number of hydrogen-bond acceptors (Lipinski definition) is 3. The normalized spacial score (nSPS) is 17.2. The summed E-state index contributed by atoms with van der Waals surface area (Å²) in [6.45, 7) is 2.52. The molecule has 31 heavy (non-hydrogen) atoms. The molecule has 1 aliphatic rings. The van der Waals surface area contributed by atoms with E-state index in [-0.39, 0.29) is 18.2 Å². The molecule has 1 aromatic heterocycles. The first kappa shape index (κ1) is 20.9. The number of aromatic nitrogens is 1. The lowest BCUT2D eigenvalue weighted by atomic mass is 10.1. The van der Waals surface area contributed by atoms with Crippen LogP contribution >= 0.6 is 0 Å². The standard InChI is InChI=1S/C25H28N4O2/c30-24(26-13-12-20-18-28-22-11-5-4-10-21(20)22)17-23-25(31)27-14-16-29(23)15-6-9-19-7-2-1-3-8-19/h1-11,18,23,28H,12-17H2,(H,26,30)(H,27,31)/b9-6+/t23-/m0/s1. The number of carbonyl (C=O) groups is 2. The Hall–Kier alpha value is -3.38. The highest BCUT2D eigenvalue weighted by atomic mass is 16.2. The maximum absolute atomic E-state index is 12.5. The van der Waals surface area contributed by atoms with E-state index in [1.807, 2.05) is 60.8 Å². The molecular weight excluding hydrogens is 388 g/mol. The molecule has 2 aromatic carbocycles. The number of amides is 2. The number of benzene rings is 2. The third-order valence-corrected chi connectivity index (χ3v) is 5.66. The first-order valence-electron chi connectivity index (χ1n) is 10.8. The van der Waals surface area contributed by atoms with Crippen molar-refractivity contribution < 1.29 is 9.59 Å². The van der Waals surface area contributed by atoms with Gasteiger partial charge in [-0.1, -0.05) is 60.7 Å². The number of para-hydroxylation sites is 1. The zero-order valence-corrected chi connectivity index (χ0v) is 17.5. The Labute approximate surface area is 182 Å². The van der Waals surface area contributed by atoms with Crippen molar-refractivity contribution in [1.82, 2.24) is 20.5 Å². The molecule has 1 aliphatic heterocycles. The quantitative estimate of drug-likeness (QED) is 0.528. The van der Waals surface area contributed by atoms with Crippen molar-refractivity contribution >= 4 is 28.8 Å². The van der Waals surface area contributed by atoms with Gasteiger partial charge in [0.05, 0.1) is 12.5 Å². The minimum atomic E-state index is -0.442. The van der Waals surface area contributed by atoms with Crippen LogP contribution in [0.2, 0.25) is 0 Å². The molecular formula is C25H28N4O2. The molecule has 0 unspecified atom stereocenters. The Bertz CT molecular complexity index is 1060. The van der Waals surface area contributed by atoms with Gasteiger partial charge in [0.1, 0.15) is 0 Å². The van der Waals surface area contributed by atoms with Gasteiger partial charge in [0.15, 0.2) is 0 Å². The van der Waals surface area contributed by atoms with Crippen LogP contribution in [0.25, 0.3) is 17.0 Å². The average molecular weight is 417 g/mol. The molecule has 3 N–H and O–H groups in total. The lowest BCUT2D eigenvalue weighted by molar-refractivity contribution is -0.133. The molecule has 0 aliphatic carbocycles. The molecule has 2 heterocycles. The van der Waals surface area contributed by atoms with Crippen LogP contribution in [-0.4, -0.2) is 53.9 Å². The molecule has 6 nitrogen and oxygen atoms in total. The minimum Gasteiger partial charge on any atom is -0.361 e. The van der Waals surface area contributed by atoms with E-state index in [1.54, 1.807) is 0 Å². The van der Waals surface area contributed by atoms with E-state index in [1.165, 1.54) is 10.9 Å². The predicted molar refractivity (Wildman–Crippen MR) is 123 cm³/mol. The lowest BCUT2D eigenvalue weighted by Crippen LogP contribution is -2.56. The van der Waals surface area contributed by atoms with Crippen molar-refractivity contribution in [2.24, 2.45) is 0 Å². The van der Waals surface area contributed by atoms with Gasteiger partial charge in [-0.2, -0.15) is 0 Å². The Morgan fingerprint density at radius 3 is 2.81 bits per heavy atom. The first-order valence-corrected chi connectivity index (χ1v) is 10.8. The highest BCUT2D eigenvalue weighted by Gasteiger charge is 2.30. The summed E-state index contributed by atoms with van der Waals surface area (Å²) in [5.74, 6) is -0.176. The van der Waals surface area contributed by atoms with Crippen molar-refractivity contribution in [3.8, 4) is 0 Å². The van der Waals surface area contributed by atoms with Gasteiger partial charge in [0.25, 0.3) is 0 Å². The maximum atomic E-state index is 12.5. The number of hydrogen-bond donors (Lipinski definition) is 3. The van der Waals surface area contributed by atoms with Gasteiger partial charge >= 0.3 is 0 Å². The van der Waals surface area contributed by atoms with Crippen LogP contribution in [0, 0.1) is 0 Å². The summed E-state index contributed by atoms with van der Waals surface area (Å²) in [7, 11) is 0. The summed E-state index contributed by atoms with van der Waals surface area (Å²) in [6, 6.07) is 17.8. The summed E-state index contributed by atoms with van der Waals surface area (Å²) in [5.41, 5.74) is 3.40. The van der Waals surface area contributed by atoms with E-state index in [4.69, 9.17) is 0 Å². The molecule has 0 saturated carbocycles. The molecule has 0 radical (unpaired) electrons. The number of piperazine rings is 1. The summed E-state index contributed by atoms with van der Waals surface area (Å²) in [5, 5.41) is 7.04. The average Bonchev–Trinajstić information content (AvgIpc) is 3.20.